The minimum absolute atomic E-state index is 0.271. The Morgan fingerprint density at radius 1 is 0.595 bits per heavy atom. The highest BCUT2D eigenvalue weighted by Gasteiger charge is 2.17. The van der Waals surface area contributed by atoms with Crippen LogP contribution in [0, 0.1) is 0 Å². The number of aromatic nitrogens is 1. The van der Waals surface area contributed by atoms with Crippen molar-refractivity contribution in [2.24, 2.45) is 4.99 Å². The fraction of sp³-hybridized carbons (Fsp3) is 0.0625. The third kappa shape index (κ3) is 7.86. The van der Waals surface area contributed by atoms with Gasteiger partial charge in [0.1, 0.15) is 0 Å². The molecule has 0 saturated carbocycles. The van der Waals surface area contributed by atoms with Gasteiger partial charge in [-0.1, -0.05) is 84.6 Å². The molecule has 0 aliphatic carbocycles. The third-order valence-corrected chi connectivity index (χ3v) is 8.95. The van der Waals surface area contributed by atoms with E-state index in [2.05, 4.69) is 120 Å². The molecule has 2 nitrogen and oxygen atoms in total. The summed E-state index contributed by atoms with van der Waals surface area (Å²) in [6, 6.07) is 46.1. The van der Waals surface area contributed by atoms with Gasteiger partial charge < -0.3 is 0 Å². The Kier molecular flexibility index (Phi) is 9.16. The van der Waals surface area contributed by atoms with Crippen LogP contribution < -0.4 is 0 Å². The van der Waals surface area contributed by atoms with Gasteiger partial charge in [-0.2, -0.15) is 0 Å². The topological polar surface area (TPSA) is 25.2 Å². The number of hydrogen-bond donors (Lipinski definition) is 0. The molecule has 0 atom stereocenters. The standard InChI is InChI=1S/C32H26N2S3/c1-4-12-27(13-5-1)35-31(34-26-21-19-25(20-22-26)30-18-10-11-23-33-30)24-32(36-28-14-6-2-7-15-28)37-29-16-8-3-9-17-29/h1-23,32H,24H2. The van der Waals surface area contributed by atoms with Crippen LogP contribution in [0.3, 0.4) is 0 Å². The van der Waals surface area contributed by atoms with E-state index in [1.54, 1.807) is 11.8 Å². The molecule has 5 aromatic rings. The molecule has 0 aliphatic rings. The predicted octanol–water partition coefficient (Wildman–Crippen LogP) is 9.87. The largest absolute Gasteiger partial charge is 0.256 e. The summed E-state index contributed by atoms with van der Waals surface area (Å²) < 4.78 is 0.271. The van der Waals surface area contributed by atoms with E-state index in [0.717, 1.165) is 28.4 Å². The molecule has 5 rings (SSSR count). The Morgan fingerprint density at radius 2 is 1.14 bits per heavy atom. The molecule has 0 N–H and O–H groups in total. The molecular formula is C32H26N2S3. The maximum atomic E-state index is 5.14. The lowest BCUT2D eigenvalue weighted by molar-refractivity contribution is 1.23. The summed E-state index contributed by atoms with van der Waals surface area (Å²) in [5.41, 5.74) is 3.01. The lowest BCUT2D eigenvalue weighted by atomic mass is 10.1. The lowest BCUT2D eigenvalue weighted by Crippen LogP contribution is -2.05. The van der Waals surface area contributed by atoms with Crippen molar-refractivity contribution < 1.29 is 0 Å². The number of aliphatic imine (C=N–C) groups is 1. The van der Waals surface area contributed by atoms with Gasteiger partial charge in [-0.3, -0.25) is 4.98 Å². The van der Waals surface area contributed by atoms with E-state index in [4.69, 9.17) is 4.99 Å². The number of hydrogen-bond acceptors (Lipinski definition) is 5. The van der Waals surface area contributed by atoms with Crippen LogP contribution in [0.4, 0.5) is 5.69 Å². The van der Waals surface area contributed by atoms with E-state index >= 15 is 0 Å². The zero-order chi connectivity index (χ0) is 25.1. The normalized spacial score (nSPS) is 11.5. The van der Waals surface area contributed by atoms with Crippen molar-refractivity contribution in [2.75, 3.05) is 0 Å². The molecule has 37 heavy (non-hydrogen) atoms. The van der Waals surface area contributed by atoms with Gasteiger partial charge in [0, 0.05) is 32.9 Å². The van der Waals surface area contributed by atoms with Crippen molar-refractivity contribution in [3.8, 4) is 11.3 Å². The predicted molar refractivity (Wildman–Crippen MR) is 162 cm³/mol. The van der Waals surface area contributed by atoms with Gasteiger partial charge in [-0.15, -0.1) is 23.5 Å². The Bertz CT molecular complexity index is 1350. The van der Waals surface area contributed by atoms with Crippen molar-refractivity contribution in [1.29, 1.82) is 0 Å². The highest BCUT2D eigenvalue weighted by Crippen LogP contribution is 2.40. The smallest absolute Gasteiger partial charge is 0.0806 e. The van der Waals surface area contributed by atoms with Crippen LogP contribution in [0.5, 0.6) is 0 Å². The van der Waals surface area contributed by atoms with E-state index in [9.17, 15) is 0 Å². The van der Waals surface area contributed by atoms with Crippen LogP contribution in [-0.2, 0) is 0 Å². The molecule has 0 bridgehead atoms. The van der Waals surface area contributed by atoms with Gasteiger partial charge in [0.2, 0.25) is 0 Å². The monoisotopic (exact) mass is 534 g/mol. The van der Waals surface area contributed by atoms with Crippen LogP contribution in [0.2, 0.25) is 0 Å². The molecule has 0 spiro atoms. The number of benzene rings is 4. The molecule has 0 unspecified atom stereocenters. The quantitative estimate of drug-likeness (QED) is 0.0813. The molecule has 1 heterocycles. The van der Waals surface area contributed by atoms with Crippen LogP contribution in [-0.4, -0.2) is 14.6 Å². The summed E-state index contributed by atoms with van der Waals surface area (Å²) in [4.78, 5) is 13.3. The highest BCUT2D eigenvalue weighted by atomic mass is 32.2. The van der Waals surface area contributed by atoms with Gasteiger partial charge >= 0.3 is 0 Å². The van der Waals surface area contributed by atoms with Gasteiger partial charge in [-0.25, -0.2) is 4.99 Å². The van der Waals surface area contributed by atoms with Crippen molar-refractivity contribution in [3.63, 3.8) is 0 Å². The summed E-state index contributed by atoms with van der Waals surface area (Å²) in [7, 11) is 0. The van der Waals surface area contributed by atoms with E-state index in [-0.39, 0.29) is 4.58 Å². The van der Waals surface area contributed by atoms with Gasteiger partial charge in [-0.05, 0) is 60.7 Å². The number of pyridine rings is 1. The zero-order valence-electron chi connectivity index (χ0n) is 20.2. The molecule has 0 aliphatic heterocycles. The van der Waals surface area contributed by atoms with Gasteiger partial charge in [0.15, 0.2) is 0 Å². The Labute approximate surface area is 231 Å². The second kappa shape index (κ2) is 13.3. The molecule has 5 heteroatoms. The molecule has 0 saturated heterocycles. The lowest BCUT2D eigenvalue weighted by Gasteiger charge is -2.18. The van der Waals surface area contributed by atoms with E-state index in [1.807, 2.05) is 47.9 Å². The van der Waals surface area contributed by atoms with Crippen LogP contribution in [0.15, 0.2) is 159 Å². The summed E-state index contributed by atoms with van der Waals surface area (Å²) in [5, 5.41) is 1.09. The maximum absolute atomic E-state index is 5.14. The number of rotatable bonds is 9. The maximum Gasteiger partial charge on any atom is 0.0806 e. The molecule has 0 radical (unpaired) electrons. The van der Waals surface area contributed by atoms with E-state index in [0.29, 0.717) is 0 Å². The molecule has 0 amide bonds. The van der Waals surface area contributed by atoms with Gasteiger partial charge in [0.05, 0.1) is 21.0 Å². The second-order valence-corrected chi connectivity index (χ2v) is 12.2. The molecule has 1 aromatic heterocycles. The van der Waals surface area contributed by atoms with Gasteiger partial charge in [0.25, 0.3) is 0 Å². The van der Waals surface area contributed by atoms with Crippen molar-refractivity contribution >= 4 is 46.0 Å². The van der Waals surface area contributed by atoms with E-state index in [1.165, 1.54) is 14.7 Å². The highest BCUT2D eigenvalue weighted by molar-refractivity contribution is 8.17. The summed E-state index contributed by atoms with van der Waals surface area (Å²) >= 11 is 5.53. The van der Waals surface area contributed by atoms with Crippen molar-refractivity contribution in [3.05, 3.63) is 140 Å². The third-order valence-electron chi connectivity index (χ3n) is 5.42. The average Bonchev–Trinajstić information content (AvgIpc) is 2.95. The first-order valence-corrected chi connectivity index (χ1v) is 14.6. The fourth-order valence-electron chi connectivity index (χ4n) is 3.67. The second-order valence-electron chi connectivity index (χ2n) is 8.18. The number of thioether (sulfide) groups is 3. The van der Waals surface area contributed by atoms with Crippen molar-refractivity contribution in [2.45, 2.75) is 25.7 Å². The first-order valence-electron chi connectivity index (χ1n) is 12.1. The van der Waals surface area contributed by atoms with Crippen LogP contribution >= 0.6 is 35.3 Å². The summed E-state index contributed by atoms with van der Waals surface area (Å²) in [5.74, 6) is 0. The Hall–Kier alpha value is -3.25. The molecule has 182 valence electrons. The SMILES string of the molecule is c1ccc(SC(CC(Sc2ccccc2)Sc2ccccc2)=Nc2ccc(-c3ccccn3)cc2)cc1. The van der Waals surface area contributed by atoms with Crippen LogP contribution in [0.1, 0.15) is 6.42 Å². The number of nitrogens with zero attached hydrogens (tertiary/aromatic N) is 2. The Morgan fingerprint density at radius 3 is 1.68 bits per heavy atom. The minimum Gasteiger partial charge on any atom is -0.256 e. The average molecular weight is 535 g/mol. The van der Waals surface area contributed by atoms with E-state index < -0.39 is 0 Å². The van der Waals surface area contributed by atoms with Crippen molar-refractivity contribution in [1.82, 2.24) is 4.98 Å². The first-order chi connectivity index (χ1) is 18.3. The molecule has 4 aromatic carbocycles. The first kappa shape index (κ1) is 25.4. The molecule has 0 fully saturated rings. The fourth-order valence-corrected chi connectivity index (χ4v) is 7.43. The molecular weight excluding hydrogens is 509 g/mol. The summed E-state index contributed by atoms with van der Waals surface area (Å²) in [6.45, 7) is 0. The minimum atomic E-state index is 0.271. The zero-order valence-corrected chi connectivity index (χ0v) is 22.6. The summed E-state index contributed by atoms with van der Waals surface area (Å²) in [6.07, 6.45) is 2.66. The Balaban J connectivity index is 1.43. The van der Waals surface area contributed by atoms with Crippen LogP contribution in [0.25, 0.3) is 11.3 Å².